The van der Waals surface area contributed by atoms with E-state index in [1.165, 1.54) is 16.7 Å². The van der Waals surface area contributed by atoms with Crippen molar-refractivity contribution in [2.24, 2.45) is 11.8 Å². The van der Waals surface area contributed by atoms with E-state index in [4.69, 9.17) is 14.4 Å². The molecule has 190 valence electrons. The van der Waals surface area contributed by atoms with Crippen LogP contribution in [0.3, 0.4) is 0 Å². The van der Waals surface area contributed by atoms with E-state index in [9.17, 15) is 14.7 Å². The molecule has 2 saturated heterocycles. The van der Waals surface area contributed by atoms with Crippen molar-refractivity contribution in [1.82, 2.24) is 9.80 Å². The van der Waals surface area contributed by atoms with Crippen molar-refractivity contribution < 1.29 is 23.9 Å². The fourth-order valence-corrected chi connectivity index (χ4v) is 7.54. The second-order valence-electron chi connectivity index (χ2n) is 10.9. The van der Waals surface area contributed by atoms with Gasteiger partial charge in [-0.1, -0.05) is 20.8 Å². The highest BCUT2D eigenvalue weighted by atomic mass is 32.2. The van der Waals surface area contributed by atoms with Gasteiger partial charge in [-0.15, -0.1) is 11.8 Å². The quantitative estimate of drug-likeness (QED) is 0.271. The molecule has 8 nitrogen and oxygen atoms in total. The zero-order valence-corrected chi connectivity index (χ0v) is 23.1. The van der Waals surface area contributed by atoms with Crippen LogP contribution in [-0.4, -0.2) is 85.8 Å². The smallest absolute Gasteiger partial charge is 0.353 e. The number of carboxylic acid groups (broad SMARTS) is 1. The van der Waals surface area contributed by atoms with Crippen molar-refractivity contribution in [3.63, 3.8) is 0 Å². The van der Waals surface area contributed by atoms with E-state index in [0.29, 0.717) is 25.4 Å². The fourth-order valence-electron chi connectivity index (χ4n) is 4.90. The van der Waals surface area contributed by atoms with Crippen LogP contribution in [0.1, 0.15) is 40.5 Å². The van der Waals surface area contributed by atoms with Gasteiger partial charge in [-0.05, 0) is 38.0 Å². The van der Waals surface area contributed by atoms with Gasteiger partial charge in [0.15, 0.2) is 8.32 Å². The number of ether oxygens (including phenoxy) is 1. The van der Waals surface area contributed by atoms with Gasteiger partial charge in [-0.25, -0.2) is 4.79 Å². The molecule has 0 saturated carbocycles. The molecule has 2 fully saturated rings. The lowest BCUT2D eigenvalue weighted by Gasteiger charge is -2.50. The van der Waals surface area contributed by atoms with E-state index in [2.05, 4.69) is 44.8 Å². The number of β-lactam (4-membered cyclic amide) rings is 1. The summed E-state index contributed by atoms with van der Waals surface area (Å²) in [7, 11) is -2.10. The summed E-state index contributed by atoms with van der Waals surface area (Å²) >= 11 is 1.43. The fraction of sp³-hybridized carbons (Fsp3) is 0.792. The summed E-state index contributed by atoms with van der Waals surface area (Å²) in [5.41, 5.74) is 0.112. The van der Waals surface area contributed by atoms with Gasteiger partial charge < -0.3 is 19.2 Å². The molecule has 10 heteroatoms. The first-order valence-corrected chi connectivity index (χ1v) is 16.1. The van der Waals surface area contributed by atoms with Gasteiger partial charge in [0.25, 0.3) is 0 Å². The molecule has 3 aliphatic rings. The predicted octanol–water partition coefficient (Wildman–Crippen LogP) is 3.52. The number of hydrogen-bond donors (Lipinski definition) is 1. The first-order valence-electron chi connectivity index (χ1n) is 12.2. The number of nitriles is 1. The lowest BCUT2D eigenvalue weighted by molar-refractivity contribution is -0.163. The Balaban J connectivity index is 1.86. The minimum atomic E-state index is -2.10. The Bertz CT molecular complexity index is 860. The summed E-state index contributed by atoms with van der Waals surface area (Å²) in [4.78, 5) is 30.2. The Morgan fingerprint density at radius 3 is 2.56 bits per heavy atom. The first kappa shape index (κ1) is 27.2. The number of aliphatic carboxylic acids is 1. The summed E-state index contributed by atoms with van der Waals surface area (Å²) < 4.78 is 12.1. The van der Waals surface area contributed by atoms with E-state index in [-0.39, 0.29) is 40.6 Å². The standard InChI is InChI=1S/C24H39N3O5SSi/c1-16(32-34(5,6)24(2,3)4)18-19-17(8-10-26-11-13-31-14-12-26)21(33-15-7-9-25)20(23(29)30)27(19)22(18)28/h16-19H,7-8,10-15H2,1-6H3,(H,29,30)/t16-,17-,18-,19-/m1/s1. The van der Waals surface area contributed by atoms with E-state index >= 15 is 0 Å². The normalized spacial score (nSPS) is 26.8. The van der Waals surface area contributed by atoms with Crippen molar-refractivity contribution in [3.05, 3.63) is 10.6 Å². The molecule has 0 unspecified atom stereocenters. The van der Waals surface area contributed by atoms with Crippen LogP contribution in [0.4, 0.5) is 0 Å². The Kier molecular flexibility index (Phi) is 8.57. The van der Waals surface area contributed by atoms with E-state index in [0.717, 1.165) is 31.0 Å². The molecular formula is C24H39N3O5SSi. The van der Waals surface area contributed by atoms with Crippen LogP contribution in [-0.2, 0) is 18.8 Å². The lowest BCUT2D eigenvalue weighted by atomic mass is 9.77. The molecule has 0 radical (unpaired) electrons. The van der Waals surface area contributed by atoms with Gasteiger partial charge in [0, 0.05) is 36.1 Å². The zero-order chi connectivity index (χ0) is 25.3. The van der Waals surface area contributed by atoms with E-state index in [1.54, 1.807) is 0 Å². The third kappa shape index (κ3) is 5.39. The molecular weight excluding hydrogens is 470 g/mol. The summed E-state index contributed by atoms with van der Waals surface area (Å²) in [6, 6.07) is 1.93. The average Bonchev–Trinajstić information content (AvgIpc) is 3.02. The van der Waals surface area contributed by atoms with E-state index < -0.39 is 14.3 Å². The number of carboxylic acids is 1. The van der Waals surface area contributed by atoms with Crippen molar-refractivity contribution in [2.75, 3.05) is 38.6 Å². The minimum Gasteiger partial charge on any atom is -0.477 e. The monoisotopic (exact) mass is 509 g/mol. The summed E-state index contributed by atoms with van der Waals surface area (Å²) in [5.74, 6) is -1.12. The Morgan fingerprint density at radius 2 is 2.00 bits per heavy atom. The number of fused-ring (bicyclic) bond motifs is 1. The number of thioether (sulfide) groups is 1. The highest BCUT2D eigenvalue weighted by Crippen LogP contribution is 2.53. The molecule has 0 aromatic rings. The van der Waals surface area contributed by atoms with E-state index in [1.807, 2.05) is 6.92 Å². The zero-order valence-electron chi connectivity index (χ0n) is 21.3. The maximum atomic E-state index is 13.3. The summed E-state index contributed by atoms with van der Waals surface area (Å²) in [5, 5.41) is 19.1. The molecule has 34 heavy (non-hydrogen) atoms. The van der Waals surface area contributed by atoms with Crippen LogP contribution in [0.5, 0.6) is 0 Å². The van der Waals surface area contributed by atoms with Gasteiger partial charge in [-0.2, -0.15) is 5.26 Å². The lowest BCUT2D eigenvalue weighted by Crippen LogP contribution is -2.65. The topological polar surface area (TPSA) is 103 Å². The molecule has 0 aromatic heterocycles. The first-order chi connectivity index (χ1) is 15.9. The largest absolute Gasteiger partial charge is 0.477 e. The van der Waals surface area contributed by atoms with Crippen LogP contribution >= 0.6 is 11.8 Å². The van der Waals surface area contributed by atoms with Gasteiger partial charge >= 0.3 is 5.97 Å². The summed E-state index contributed by atoms with van der Waals surface area (Å²) in [6.45, 7) is 16.8. The third-order valence-corrected chi connectivity index (χ3v) is 13.5. The number of carbonyl (C=O) groups excluding carboxylic acids is 1. The molecule has 1 N–H and O–H groups in total. The number of carbonyl (C=O) groups is 2. The molecule has 0 aromatic carbocycles. The van der Waals surface area contributed by atoms with Crippen LogP contribution in [0.2, 0.25) is 18.1 Å². The maximum absolute atomic E-state index is 13.3. The van der Waals surface area contributed by atoms with Gasteiger partial charge in [-0.3, -0.25) is 9.69 Å². The predicted molar refractivity (Wildman–Crippen MR) is 135 cm³/mol. The molecule has 0 bridgehead atoms. The SMILES string of the molecule is C[C@@H](O[Si](C)(C)C(C)(C)C)[C@H]1C(=O)N2C(C(=O)O)=C(SCCC#N)[C@H](CCN3CCOCC3)[C@H]12. The number of rotatable bonds is 10. The Labute approximate surface area is 208 Å². The molecule has 4 atom stereocenters. The molecule has 0 spiro atoms. The van der Waals surface area contributed by atoms with Crippen LogP contribution in [0.25, 0.3) is 0 Å². The van der Waals surface area contributed by atoms with Gasteiger partial charge in [0.1, 0.15) is 5.70 Å². The van der Waals surface area contributed by atoms with Gasteiger partial charge in [0.2, 0.25) is 5.91 Å². The number of morpholine rings is 1. The van der Waals surface area contributed by atoms with Crippen LogP contribution in [0.15, 0.2) is 10.6 Å². The Morgan fingerprint density at radius 1 is 1.35 bits per heavy atom. The highest BCUT2D eigenvalue weighted by molar-refractivity contribution is 8.03. The molecule has 0 aliphatic carbocycles. The highest BCUT2D eigenvalue weighted by Gasteiger charge is 2.62. The molecule has 3 aliphatic heterocycles. The van der Waals surface area contributed by atoms with Gasteiger partial charge in [0.05, 0.1) is 37.3 Å². The minimum absolute atomic E-state index is 0.0158. The average molecular weight is 510 g/mol. The molecule has 1 amide bonds. The second kappa shape index (κ2) is 10.7. The van der Waals surface area contributed by atoms with Crippen LogP contribution in [0, 0.1) is 23.2 Å². The van der Waals surface area contributed by atoms with Crippen molar-refractivity contribution in [3.8, 4) is 6.07 Å². The van der Waals surface area contributed by atoms with Crippen molar-refractivity contribution >= 4 is 32.0 Å². The van der Waals surface area contributed by atoms with Crippen molar-refractivity contribution in [2.45, 2.75) is 70.8 Å². The molecule has 3 heterocycles. The summed E-state index contributed by atoms with van der Waals surface area (Å²) in [6.07, 6.45) is 0.826. The number of hydrogen-bond acceptors (Lipinski definition) is 7. The van der Waals surface area contributed by atoms with Crippen LogP contribution < -0.4 is 0 Å². The second-order valence-corrected chi connectivity index (χ2v) is 16.8. The molecule has 3 rings (SSSR count). The maximum Gasteiger partial charge on any atom is 0.353 e. The number of nitrogens with zero attached hydrogens (tertiary/aromatic N) is 3. The Hall–Kier alpha value is -1.38. The third-order valence-electron chi connectivity index (χ3n) is 7.74. The van der Waals surface area contributed by atoms with Crippen molar-refractivity contribution in [1.29, 1.82) is 5.26 Å². The number of amides is 1.